The van der Waals surface area contributed by atoms with Crippen LogP contribution in [0.2, 0.25) is 10.0 Å². The molecule has 0 bridgehead atoms. The molecule has 4 N–H and O–H groups in total. The Morgan fingerprint density at radius 1 is 1.06 bits per heavy atom. The number of imidazole rings is 1. The van der Waals surface area contributed by atoms with Crippen LogP contribution in [-0.4, -0.2) is 65.0 Å². The number of amides is 2. The molecule has 0 spiro atoms. The molecule has 0 radical (unpaired) electrons. The second-order valence-corrected chi connectivity index (χ2v) is 13.3. The Labute approximate surface area is 283 Å². The van der Waals surface area contributed by atoms with Crippen LogP contribution >= 0.6 is 23.2 Å². The number of pyridine rings is 1. The number of alkyl halides is 4. The number of alkyl carbamates (subject to hydrolysis) is 1. The average molecular weight is 721 g/mol. The van der Waals surface area contributed by atoms with E-state index < -0.39 is 42.1 Å². The first kappa shape index (κ1) is 35.7. The van der Waals surface area contributed by atoms with E-state index in [4.69, 9.17) is 27.9 Å². The minimum Gasteiger partial charge on any atom is -0.449 e. The molecule has 0 atom stereocenters. The molecule has 1 aliphatic heterocycles. The smallest absolute Gasteiger partial charge is 0.407 e. The lowest BCUT2D eigenvalue weighted by Gasteiger charge is -2.32. The number of piperidine rings is 1. The standard InChI is InChI=1S/C31H36Cl2F5N7O3/c1-15(2)14-48-30(47)39-13-16-11-21(35)24(33)25(23(16)32)42-29-41-22-12-20(27(43-26(22)44-29)45-9-7-18(34)8-10-45)28(46)40-19-5-3-17(4-6-19)31(36,37)38/h11-12,15,17-19H,3-10,13-14H2,1-2H3,(H,39,47)(H,40,46)(H2,41,42,43,44). The monoisotopic (exact) mass is 719 g/mol. The third kappa shape index (κ3) is 8.52. The highest BCUT2D eigenvalue weighted by Gasteiger charge is 2.41. The molecule has 1 saturated carbocycles. The molecule has 1 aliphatic carbocycles. The Hall–Kier alpha value is -3.59. The third-order valence-electron chi connectivity index (χ3n) is 8.39. The summed E-state index contributed by atoms with van der Waals surface area (Å²) in [6.07, 6.45) is -5.29. The van der Waals surface area contributed by atoms with Crippen LogP contribution in [0.1, 0.15) is 68.3 Å². The molecule has 17 heteroatoms. The summed E-state index contributed by atoms with van der Waals surface area (Å²) in [6.45, 7) is 4.39. The van der Waals surface area contributed by atoms with E-state index in [9.17, 15) is 31.5 Å². The van der Waals surface area contributed by atoms with E-state index in [1.54, 1.807) is 4.90 Å². The first-order valence-corrected chi connectivity index (χ1v) is 16.5. The van der Waals surface area contributed by atoms with Crippen molar-refractivity contribution in [2.24, 2.45) is 11.8 Å². The summed E-state index contributed by atoms with van der Waals surface area (Å²) in [5.74, 6) is -2.30. The fourth-order valence-corrected chi connectivity index (χ4v) is 6.27. The van der Waals surface area contributed by atoms with Crippen LogP contribution in [0.15, 0.2) is 12.1 Å². The van der Waals surface area contributed by atoms with Crippen molar-refractivity contribution in [1.29, 1.82) is 0 Å². The Morgan fingerprint density at radius 2 is 1.75 bits per heavy atom. The van der Waals surface area contributed by atoms with Crippen LogP contribution in [-0.2, 0) is 11.3 Å². The van der Waals surface area contributed by atoms with E-state index in [2.05, 4.69) is 30.9 Å². The van der Waals surface area contributed by atoms with Gasteiger partial charge in [0.15, 0.2) is 5.65 Å². The van der Waals surface area contributed by atoms with Gasteiger partial charge in [0, 0.05) is 25.7 Å². The van der Waals surface area contributed by atoms with E-state index in [1.807, 2.05) is 13.8 Å². The lowest BCUT2D eigenvalue weighted by atomic mass is 9.85. The van der Waals surface area contributed by atoms with Gasteiger partial charge in [0.05, 0.1) is 34.3 Å². The van der Waals surface area contributed by atoms with Crippen LogP contribution in [0.3, 0.4) is 0 Å². The third-order valence-corrected chi connectivity index (χ3v) is 9.19. The number of fused-ring (bicyclic) bond motifs is 1. The Balaban J connectivity index is 1.39. The quantitative estimate of drug-likeness (QED) is 0.131. The molecule has 3 heterocycles. The largest absolute Gasteiger partial charge is 0.449 e. The zero-order valence-electron chi connectivity index (χ0n) is 26.2. The number of nitrogens with zero attached hydrogens (tertiary/aromatic N) is 3. The van der Waals surface area contributed by atoms with Crippen molar-refractivity contribution < 1.29 is 36.3 Å². The summed E-state index contributed by atoms with van der Waals surface area (Å²) in [7, 11) is 0. The fraction of sp³-hybridized carbons (Fsp3) is 0.548. The predicted molar refractivity (Wildman–Crippen MR) is 172 cm³/mol. The van der Waals surface area contributed by atoms with Crippen molar-refractivity contribution >= 4 is 63.8 Å². The number of carbonyl (C=O) groups is 2. The summed E-state index contributed by atoms with van der Waals surface area (Å²) in [6, 6.07) is 2.15. The predicted octanol–water partition coefficient (Wildman–Crippen LogP) is 7.82. The number of ether oxygens (including phenoxy) is 1. The normalized spacial score (nSPS) is 19.1. The fourth-order valence-electron chi connectivity index (χ4n) is 5.76. The van der Waals surface area contributed by atoms with Gasteiger partial charge in [-0.3, -0.25) is 4.79 Å². The highest BCUT2D eigenvalue weighted by atomic mass is 35.5. The molecule has 0 unspecified atom stereocenters. The minimum atomic E-state index is -4.27. The SMILES string of the molecule is CC(C)COC(=O)NCc1cc(F)c(Cl)c(Nc2nc3nc(N4CCC(F)CC4)c(C(=O)NC4CCC(C(F)(F)F)CC4)cc3[nH]2)c1Cl. The minimum absolute atomic E-state index is 0.00840. The molecule has 1 saturated heterocycles. The molecule has 10 nitrogen and oxygen atoms in total. The van der Waals surface area contributed by atoms with Crippen LogP contribution in [0.5, 0.6) is 0 Å². The van der Waals surface area contributed by atoms with Crippen molar-refractivity contribution in [2.75, 3.05) is 29.9 Å². The molecule has 5 rings (SSSR count). The molecule has 3 aromatic rings. The molecule has 2 fully saturated rings. The molecular weight excluding hydrogens is 684 g/mol. The molecule has 2 aromatic heterocycles. The zero-order chi connectivity index (χ0) is 34.7. The van der Waals surface area contributed by atoms with E-state index in [1.165, 1.54) is 6.07 Å². The highest BCUT2D eigenvalue weighted by molar-refractivity contribution is 6.39. The number of hydrogen-bond donors (Lipinski definition) is 4. The number of benzene rings is 1. The van der Waals surface area contributed by atoms with Gasteiger partial charge in [-0.05, 0) is 62.1 Å². The lowest BCUT2D eigenvalue weighted by molar-refractivity contribution is -0.182. The zero-order valence-corrected chi connectivity index (χ0v) is 27.8. The van der Waals surface area contributed by atoms with Crippen LogP contribution < -0.4 is 20.9 Å². The Morgan fingerprint density at radius 3 is 2.40 bits per heavy atom. The summed E-state index contributed by atoms with van der Waals surface area (Å²) < 4.78 is 73.4. The summed E-state index contributed by atoms with van der Waals surface area (Å²) >= 11 is 12.8. The van der Waals surface area contributed by atoms with E-state index >= 15 is 0 Å². The first-order chi connectivity index (χ1) is 22.7. The van der Waals surface area contributed by atoms with Crippen molar-refractivity contribution in [1.82, 2.24) is 25.6 Å². The number of aromatic nitrogens is 3. The van der Waals surface area contributed by atoms with E-state index in [-0.39, 0.29) is 102 Å². The van der Waals surface area contributed by atoms with Gasteiger partial charge in [0.1, 0.15) is 22.8 Å². The number of H-pyrrole nitrogens is 1. The maximum Gasteiger partial charge on any atom is 0.407 e. The van der Waals surface area contributed by atoms with Crippen molar-refractivity contribution in [2.45, 2.75) is 77.3 Å². The van der Waals surface area contributed by atoms with Crippen LogP contribution in [0.25, 0.3) is 11.2 Å². The van der Waals surface area contributed by atoms with Crippen LogP contribution in [0.4, 0.5) is 44.2 Å². The number of carbonyl (C=O) groups excluding carboxylic acids is 2. The number of hydrogen-bond acceptors (Lipinski definition) is 7. The van der Waals surface area contributed by atoms with E-state index in [0.717, 1.165) is 6.07 Å². The molecule has 48 heavy (non-hydrogen) atoms. The van der Waals surface area contributed by atoms with Gasteiger partial charge < -0.3 is 30.6 Å². The number of nitrogens with one attached hydrogen (secondary N) is 4. The lowest BCUT2D eigenvalue weighted by Crippen LogP contribution is -2.41. The second-order valence-electron chi connectivity index (χ2n) is 12.5. The van der Waals surface area contributed by atoms with Gasteiger partial charge >= 0.3 is 12.3 Å². The Kier molecular flexibility index (Phi) is 11.1. The topological polar surface area (TPSA) is 124 Å². The van der Waals surface area contributed by atoms with Gasteiger partial charge in [-0.2, -0.15) is 18.2 Å². The van der Waals surface area contributed by atoms with Crippen molar-refractivity contribution in [3.8, 4) is 0 Å². The maximum atomic E-state index is 14.9. The van der Waals surface area contributed by atoms with Gasteiger partial charge in [0.25, 0.3) is 5.91 Å². The van der Waals surface area contributed by atoms with Gasteiger partial charge in [-0.25, -0.2) is 18.6 Å². The molecule has 2 aliphatic rings. The van der Waals surface area contributed by atoms with Gasteiger partial charge in [-0.15, -0.1) is 0 Å². The number of aromatic amines is 1. The summed E-state index contributed by atoms with van der Waals surface area (Å²) in [5, 5.41) is 7.91. The molecule has 262 valence electrons. The van der Waals surface area contributed by atoms with E-state index in [0.29, 0.717) is 18.6 Å². The maximum absolute atomic E-state index is 14.9. The Bertz CT molecular complexity index is 1640. The number of anilines is 3. The number of rotatable bonds is 9. The first-order valence-electron chi connectivity index (χ1n) is 15.7. The second kappa shape index (κ2) is 14.9. The van der Waals surface area contributed by atoms with Crippen molar-refractivity contribution in [3.63, 3.8) is 0 Å². The average Bonchev–Trinajstić information content (AvgIpc) is 3.44. The van der Waals surface area contributed by atoms with Gasteiger partial charge in [-0.1, -0.05) is 37.0 Å². The molecule has 2 amide bonds. The molecular formula is C31H36Cl2F5N7O3. The number of halogens is 7. The van der Waals surface area contributed by atoms with Gasteiger partial charge in [0.2, 0.25) is 5.95 Å². The van der Waals surface area contributed by atoms with Crippen molar-refractivity contribution in [3.05, 3.63) is 39.1 Å². The van der Waals surface area contributed by atoms with Crippen LogP contribution in [0, 0.1) is 17.7 Å². The summed E-state index contributed by atoms with van der Waals surface area (Å²) in [4.78, 5) is 39.4. The molecule has 1 aromatic carbocycles. The summed E-state index contributed by atoms with van der Waals surface area (Å²) in [5.41, 5.74) is 0.801. The highest BCUT2D eigenvalue weighted by Crippen LogP contribution is 2.39.